The molecule has 1 heterocycles. The molecule has 0 radical (unpaired) electrons. The summed E-state index contributed by atoms with van der Waals surface area (Å²) in [5.41, 5.74) is 1.62. The lowest BCUT2D eigenvalue weighted by Gasteiger charge is -2.15. The monoisotopic (exact) mass is 378 g/mol. The van der Waals surface area contributed by atoms with Gasteiger partial charge in [-0.1, -0.05) is 43.3 Å². The van der Waals surface area contributed by atoms with E-state index < -0.39 is 0 Å². The van der Waals surface area contributed by atoms with E-state index in [1.807, 2.05) is 32.0 Å². The van der Waals surface area contributed by atoms with Crippen molar-refractivity contribution in [2.24, 2.45) is 0 Å². The Morgan fingerprint density at radius 3 is 2.68 bits per heavy atom. The molecule has 1 aliphatic carbocycles. The van der Waals surface area contributed by atoms with Gasteiger partial charge in [0.1, 0.15) is 5.82 Å². The molecule has 1 N–H and O–H groups in total. The lowest BCUT2D eigenvalue weighted by Crippen LogP contribution is -2.23. The standard InChI is InChI=1S/C18H23ClN4OS/c1-10(2)16-21-22-18(23(16)13-8-9-13)25-12(4)17(24)20-15-7-5-6-14(19)11(15)3/h5-7,10,12-13H,8-9H2,1-4H3,(H,20,24). The van der Waals surface area contributed by atoms with Gasteiger partial charge in [-0.15, -0.1) is 10.2 Å². The van der Waals surface area contributed by atoms with E-state index in [1.54, 1.807) is 0 Å². The van der Waals surface area contributed by atoms with Gasteiger partial charge in [0.25, 0.3) is 0 Å². The fourth-order valence-electron chi connectivity index (χ4n) is 2.63. The van der Waals surface area contributed by atoms with E-state index in [0.717, 1.165) is 35.1 Å². The molecule has 7 heteroatoms. The van der Waals surface area contributed by atoms with Crippen LogP contribution in [0.5, 0.6) is 0 Å². The van der Waals surface area contributed by atoms with Crippen LogP contribution in [0.1, 0.15) is 57.0 Å². The lowest BCUT2D eigenvalue weighted by molar-refractivity contribution is -0.115. The minimum Gasteiger partial charge on any atom is -0.325 e. The summed E-state index contributed by atoms with van der Waals surface area (Å²) in [5, 5.41) is 12.8. The van der Waals surface area contributed by atoms with E-state index in [0.29, 0.717) is 17.0 Å². The molecule has 1 aromatic heterocycles. The molecule has 1 atom stereocenters. The van der Waals surface area contributed by atoms with Gasteiger partial charge in [-0.25, -0.2) is 0 Å². The fourth-order valence-corrected chi connectivity index (χ4v) is 3.73. The maximum Gasteiger partial charge on any atom is 0.237 e. The van der Waals surface area contributed by atoms with Crippen molar-refractivity contribution in [1.29, 1.82) is 0 Å². The molecule has 1 fully saturated rings. The summed E-state index contributed by atoms with van der Waals surface area (Å²) in [5.74, 6) is 1.26. The van der Waals surface area contributed by atoms with Crippen molar-refractivity contribution in [3.63, 3.8) is 0 Å². The molecule has 1 aliphatic rings. The molecule has 1 saturated carbocycles. The number of carbonyl (C=O) groups is 1. The molecular formula is C18H23ClN4OS. The summed E-state index contributed by atoms with van der Waals surface area (Å²) in [7, 11) is 0. The molecule has 0 spiro atoms. The lowest BCUT2D eigenvalue weighted by atomic mass is 10.2. The number of aromatic nitrogens is 3. The maximum atomic E-state index is 12.6. The second-order valence-electron chi connectivity index (χ2n) is 6.76. The molecule has 1 amide bonds. The Bertz CT molecular complexity index is 785. The third kappa shape index (κ3) is 4.01. The smallest absolute Gasteiger partial charge is 0.237 e. The number of halogens is 1. The number of nitrogens with one attached hydrogen (secondary N) is 1. The van der Waals surface area contributed by atoms with Crippen LogP contribution in [0, 0.1) is 6.92 Å². The van der Waals surface area contributed by atoms with Crippen LogP contribution >= 0.6 is 23.4 Å². The number of benzene rings is 1. The molecule has 134 valence electrons. The van der Waals surface area contributed by atoms with Crippen LogP contribution in [0.25, 0.3) is 0 Å². The second-order valence-corrected chi connectivity index (χ2v) is 8.47. The minimum absolute atomic E-state index is 0.0631. The molecule has 2 aromatic rings. The van der Waals surface area contributed by atoms with Gasteiger partial charge < -0.3 is 9.88 Å². The molecule has 5 nitrogen and oxygen atoms in total. The third-order valence-electron chi connectivity index (χ3n) is 4.30. The summed E-state index contributed by atoms with van der Waals surface area (Å²) < 4.78 is 2.21. The molecule has 3 rings (SSSR count). The molecule has 0 bridgehead atoms. The topological polar surface area (TPSA) is 59.8 Å². The van der Waals surface area contributed by atoms with E-state index in [9.17, 15) is 4.79 Å². The number of anilines is 1. The van der Waals surface area contributed by atoms with Crippen molar-refractivity contribution >= 4 is 35.0 Å². The summed E-state index contributed by atoms with van der Waals surface area (Å²) >= 11 is 7.58. The minimum atomic E-state index is -0.278. The van der Waals surface area contributed by atoms with Crippen molar-refractivity contribution in [1.82, 2.24) is 14.8 Å². The van der Waals surface area contributed by atoms with Crippen LogP contribution < -0.4 is 5.32 Å². The first-order valence-electron chi connectivity index (χ1n) is 8.56. The first-order valence-corrected chi connectivity index (χ1v) is 9.81. The van der Waals surface area contributed by atoms with Crippen molar-refractivity contribution in [3.8, 4) is 0 Å². The average Bonchev–Trinajstić information content (AvgIpc) is 3.32. The van der Waals surface area contributed by atoms with Crippen LogP contribution in [0.3, 0.4) is 0 Å². The molecule has 0 saturated heterocycles. The zero-order valence-electron chi connectivity index (χ0n) is 14.9. The van der Waals surface area contributed by atoms with Gasteiger partial charge in [0.05, 0.1) is 5.25 Å². The zero-order chi connectivity index (χ0) is 18.1. The van der Waals surface area contributed by atoms with E-state index in [4.69, 9.17) is 11.6 Å². The molecule has 25 heavy (non-hydrogen) atoms. The fraction of sp³-hybridized carbons (Fsp3) is 0.500. The van der Waals surface area contributed by atoms with Crippen molar-refractivity contribution in [2.45, 2.75) is 62.9 Å². The highest BCUT2D eigenvalue weighted by Crippen LogP contribution is 2.40. The number of amides is 1. The normalized spacial score (nSPS) is 15.4. The van der Waals surface area contributed by atoms with Crippen LogP contribution in [-0.4, -0.2) is 25.9 Å². The van der Waals surface area contributed by atoms with Crippen molar-refractivity contribution < 1.29 is 4.79 Å². The molecular weight excluding hydrogens is 356 g/mol. The first kappa shape index (κ1) is 18.3. The van der Waals surface area contributed by atoms with E-state index >= 15 is 0 Å². The predicted octanol–water partition coefficient (Wildman–Crippen LogP) is 4.82. The number of hydrogen-bond acceptors (Lipinski definition) is 4. The summed E-state index contributed by atoms with van der Waals surface area (Å²) in [6, 6.07) is 6.00. The van der Waals surface area contributed by atoms with Gasteiger partial charge in [0.2, 0.25) is 5.91 Å². The number of thioether (sulfide) groups is 1. The summed E-state index contributed by atoms with van der Waals surface area (Å²) in [6.45, 7) is 8.03. The highest BCUT2D eigenvalue weighted by molar-refractivity contribution is 8.00. The van der Waals surface area contributed by atoms with Gasteiger partial charge in [-0.2, -0.15) is 0 Å². The predicted molar refractivity (Wildman–Crippen MR) is 103 cm³/mol. The second kappa shape index (κ2) is 7.38. The Morgan fingerprint density at radius 1 is 1.32 bits per heavy atom. The average molecular weight is 379 g/mol. The Hall–Kier alpha value is -1.53. The number of carbonyl (C=O) groups excluding carboxylic acids is 1. The Kier molecular flexibility index (Phi) is 5.39. The van der Waals surface area contributed by atoms with E-state index in [-0.39, 0.29) is 11.2 Å². The van der Waals surface area contributed by atoms with Crippen LogP contribution in [0.4, 0.5) is 5.69 Å². The van der Waals surface area contributed by atoms with Crippen molar-refractivity contribution in [3.05, 3.63) is 34.6 Å². The quantitative estimate of drug-likeness (QED) is 0.732. The molecule has 0 aliphatic heterocycles. The van der Waals surface area contributed by atoms with Gasteiger partial charge >= 0.3 is 0 Å². The van der Waals surface area contributed by atoms with Gasteiger partial charge in [-0.3, -0.25) is 4.79 Å². The zero-order valence-corrected chi connectivity index (χ0v) is 16.5. The third-order valence-corrected chi connectivity index (χ3v) is 5.76. The molecule has 1 unspecified atom stereocenters. The number of hydrogen-bond donors (Lipinski definition) is 1. The Labute approximate surface area is 157 Å². The summed E-state index contributed by atoms with van der Waals surface area (Å²) in [4.78, 5) is 12.6. The van der Waals surface area contributed by atoms with Gasteiger partial charge in [0, 0.05) is 22.7 Å². The van der Waals surface area contributed by atoms with Crippen molar-refractivity contribution in [2.75, 3.05) is 5.32 Å². The Morgan fingerprint density at radius 2 is 2.04 bits per heavy atom. The van der Waals surface area contributed by atoms with Crippen LogP contribution in [-0.2, 0) is 4.79 Å². The van der Waals surface area contributed by atoms with Gasteiger partial charge in [-0.05, 0) is 44.4 Å². The SMILES string of the molecule is Cc1c(Cl)cccc1NC(=O)C(C)Sc1nnc(C(C)C)n1C1CC1. The van der Waals surface area contributed by atoms with E-state index in [2.05, 4.69) is 33.9 Å². The highest BCUT2D eigenvalue weighted by atomic mass is 35.5. The Balaban J connectivity index is 1.73. The van der Waals surface area contributed by atoms with Gasteiger partial charge in [0.15, 0.2) is 5.16 Å². The largest absolute Gasteiger partial charge is 0.325 e. The molecule has 1 aromatic carbocycles. The maximum absolute atomic E-state index is 12.6. The van der Waals surface area contributed by atoms with E-state index in [1.165, 1.54) is 11.8 Å². The first-order chi connectivity index (χ1) is 11.9. The highest BCUT2D eigenvalue weighted by Gasteiger charge is 2.31. The van der Waals surface area contributed by atoms with Crippen LogP contribution in [0.15, 0.2) is 23.4 Å². The van der Waals surface area contributed by atoms with Crippen LogP contribution in [0.2, 0.25) is 5.02 Å². The number of rotatable bonds is 6. The summed E-state index contributed by atoms with van der Waals surface area (Å²) in [6.07, 6.45) is 2.32. The number of nitrogens with zero attached hydrogens (tertiary/aromatic N) is 3.